The molecule has 0 fully saturated rings. The Kier molecular flexibility index (Phi) is 13.3. The largest absolute Gasteiger partial charge is 0.477 e. The van der Waals surface area contributed by atoms with Crippen LogP contribution in [0.4, 0.5) is 65.4 Å². The molecule has 0 unspecified atom stereocenters. The lowest BCUT2D eigenvalue weighted by molar-refractivity contribution is -0.336. The van der Waals surface area contributed by atoms with E-state index in [9.17, 15) is 53.1 Å². The van der Waals surface area contributed by atoms with Crippen molar-refractivity contribution < 1.29 is 67.7 Å². The van der Waals surface area contributed by atoms with Crippen LogP contribution in [0.1, 0.15) is 23.6 Å². The maximum absolute atomic E-state index is 13.9. The first-order valence-corrected chi connectivity index (χ1v) is 15.9. The first kappa shape index (κ1) is 44.4. The molecule has 0 spiro atoms. The summed E-state index contributed by atoms with van der Waals surface area (Å²) in [4.78, 5) is 12.7. The molecule has 4 aromatic rings. The first-order valence-electron chi connectivity index (χ1n) is 15.1. The normalized spacial score (nSPS) is 13.1. The molecule has 20 heteroatoms. The number of carboxylic acid groups (broad SMARTS) is 1. The third kappa shape index (κ3) is 10.4. The number of hydrogen-bond donors (Lipinski definition) is 3. The van der Waals surface area contributed by atoms with Crippen LogP contribution in [0.25, 0.3) is 0 Å². The van der Waals surface area contributed by atoms with E-state index in [1.165, 1.54) is 11.6 Å². The summed E-state index contributed by atoms with van der Waals surface area (Å²) in [6, 6.07) is 19.9. The highest BCUT2D eigenvalue weighted by Crippen LogP contribution is 2.50. The zero-order valence-electron chi connectivity index (χ0n) is 28.3. The molecule has 0 atom stereocenters. The fraction of sp³-hybridized carbons (Fsp3) is 0.257. The molecule has 5 N–H and O–H groups in total. The molecule has 4 aromatic carbocycles. The summed E-state index contributed by atoms with van der Waals surface area (Å²) >= 11 is 12.0. The molecule has 1 heterocycles. The molecule has 5 rings (SSSR count). The van der Waals surface area contributed by atoms with Gasteiger partial charge in [0.2, 0.25) is 0 Å². The number of fused-ring (bicyclic) bond motifs is 1. The summed E-state index contributed by atoms with van der Waals surface area (Å²) in [6.45, 7) is 3.71. The lowest BCUT2D eigenvalue weighted by Gasteiger charge is -2.28. The predicted molar refractivity (Wildman–Crippen MR) is 184 cm³/mol. The molecular formula is C35H28Cl2F11N3O4. The zero-order chi connectivity index (χ0) is 41.9. The number of halogens is 13. The van der Waals surface area contributed by atoms with E-state index >= 15 is 0 Å². The summed E-state index contributed by atoms with van der Waals surface area (Å²) < 4.78 is 149. The summed E-state index contributed by atoms with van der Waals surface area (Å²) in [5, 5.41) is 7.93. The number of aryl methyl sites for hydroxylation is 2. The predicted octanol–water partition coefficient (Wildman–Crippen LogP) is 11.9. The molecule has 7 nitrogen and oxygen atoms in total. The lowest BCUT2D eigenvalue weighted by atomic mass is 10.0. The van der Waals surface area contributed by atoms with E-state index in [0.29, 0.717) is 33.6 Å². The Morgan fingerprint density at radius 1 is 0.709 bits per heavy atom. The standard InChI is InChI=1S/C18H11ClF7NO.C13H13ClN2O.C4H4F4O2/c1-9-2-4-11(5-3-9)28-14-6-10-7-15(27-13(10)8-12(14)19)16(20,21)17(22,23)18(24,25)26;1-8-2-4-9(5-3-8)17-13-7-12(16)11(15)6-10(13)14;1-3(5,6)4(7,8)2(9)10/h2-6,8H,7H2,1H3;2-7H,15-16H2,1H3;1H3,(H,9,10). The number of aliphatic imine (C=N–C) groups is 1. The number of rotatable bonds is 8. The lowest BCUT2D eigenvalue weighted by Crippen LogP contribution is -2.56. The van der Waals surface area contributed by atoms with Gasteiger partial charge in [-0.2, -0.15) is 48.3 Å². The number of nitrogen functional groups attached to an aromatic ring is 2. The van der Waals surface area contributed by atoms with Gasteiger partial charge in [0, 0.05) is 19.4 Å². The Bertz CT molecular complexity index is 2040. The molecule has 0 aliphatic carbocycles. The van der Waals surface area contributed by atoms with Gasteiger partial charge in [0.05, 0.1) is 32.8 Å². The zero-order valence-corrected chi connectivity index (χ0v) is 29.8. The second-order valence-corrected chi connectivity index (χ2v) is 12.6. The molecule has 1 aliphatic heterocycles. The number of anilines is 2. The van der Waals surface area contributed by atoms with Gasteiger partial charge in [-0.3, -0.25) is 4.99 Å². The van der Waals surface area contributed by atoms with Gasteiger partial charge in [0.15, 0.2) is 0 Å². The van der Waals surface area contributed by atoms with E-state index in [1.54, 1.807) is 36.4 Å². The van der Waals surface area contributed by atoms with Crippen molar-refractivity contribution in [3.8, 4) is 23.0 Å². The van der Waals surface area contributed by atoms with Crippen molar-refractivity contribution in [2.24, 2.45) is 4.99 Å². The molecule has 0 saturated carbocycles. The molecule has 0 saturated heterocycles. The van der Waals surface area contributed by atoms with Crippen LogP contribution >= 0.6 is 23.2 Å². The summed E-state index contributed by atoms with van der Waals surface area (Å²) in [6.07, 6.45) is -7.32. The second kappa shape index (κ2) is 16.4. The number of carbonyl (C=O) groups is 1. The Morgan fingerprint density at radius 2 is 1.13 bits per heavy atom. The van der Waals surface area contributed by atoms with E-state index in [0.717, 1.165) is 11.6 Å². The van der Waals surface area contributed by atoms with E-state index in [2.05, 4.69) is 4.99 Å². The Labute approximate surface area is 315 Å². The molecule has 1 aliphatic rings. The van der Waals surface area contributed by atoms with Crippen molar-refractivity contribution in [1.82, 2.24) is 0 Å². The molecule has 298 valence electrons. The van der Waals surface area contributed by atoms with Crippen molar-refractivity contribution in [2.45, 2.75) is 57.1 Å². The molecule has 0 bridgehead atoms. The van der Waals surface area contributed by atoms with Gasteiger partial charge in [0.25, 0.3) is 0 Å². The SMILES string of the molecule is CC(F)(F)C(F)(F)C(=O)O.Cc1ccc(Oc2cc(N)c(N)cc2Cl)cc1.Cc1ccc(Oc2cc3c(cc2Cl)N=C(C(F)(F)C(F)(F)C(F)(F)F)C3)cc1. The third-order valence-electron chi connectivity index (χ3n) is 7.31. The fourth-order valence-electron chi connectivity index (χ4n) is 4.13. The number of hydrogen-bond acceptors (Lipinski definition) is 6. The topological polar surface area (TPSA) is 120 Å². The minimum Gasteiger partial charge on any atom is -0.477 e. The van der Waals surface area contributed by atoms with Crippen molar-refractivity contribution in [3.05, 3.63) is 99.5 Å². The Morgan fingerprint density at radius 3 is 1.53 bits per heavy atom. The maximum atomic E-state index is 13.9. The van der Waals surface area contributed by atoms with E-state index in [-0.39, 0.29) is 28.9 Å². The van der Waals surface area contributed by atoms with Crippen molar-refractivity contribution >= 4 is 51.9 Å². The van der Waals surface area contributed by atoms with Crippen LogP contribution in [0, 0.1) is 13.8 Å². The van der Waals surface area contributed by atoms with Crippen molar-refractivity contribution in [1.29, 1.82) is 0 Å². The van der Waals surface area contributed by atoms with Crippen LogP contribution in [0.3, 0.4) is 0 Å². The Balaban J connectivity index is 0.000000254. The summed E-state index contributed by atoms with van der Waals surface area (Å²) in [5.41, 5.74) is 12.6. The van der Waals surface area contributed by atoms with Gasteiger partial charge >= 0.3 is 35.8 Å². The van der Waals surface area contributed by atoms with Gasteiger partial charge in [-0.25, -0.2) is 4.79 Å². The highest BCUT2D eigenvalue weighted by Gasteiger charge is 2.75. The molecule has 55 heavy (non-hydrogen) atoms. The number of aliphatic carboxylic acids is 1. The van der Waals surface area contributed by atoms with Gasteiger partial charge in [-0.15, -0.1) is 0 Å². The number of ether oxygens (including phenoxy) is 2. The van der Waals surface area contributed by atoms with Gasteiger partial charge in [-0.1, -0.05) is 58.6 Å². The van der Waals surface area contributed by atoms with E-state index in [4.69, 9.17) is 49.2 Å². The van der Waals surface area contributed by atoms with Gasteiger partial charge in [0.1, 0.15) is 23.0 Å². The average Bonchev–Trinajstić information content (AvgIpc) is 3.49. The highest BCUT2D eigenvalue weighted by atomic mass is 35.5. The molecule has 0 amide bonds. The van der Waals surface area contributed by atoms with Gasteiger partial charge < -0.3 is 26.0 Å². The molecule has 0 radical (unpaired) electrons. The smallest absolute Gasteiger partial charge is 0.460 e. The maximum Gasteiger partial charge on any atom is 0.460 e. The van der Waals surface area contributed by atoms with E-state index in [1.807, 2.05) is 38.1 Å². The fourth-order valence-corrected chi connectivity index (χ4v) is 4.54. The number of alkyl halides is 11. The van der Waals surface area contributed by atoms with Crippen LogP contribution in [0.15, 0.2) is 77.8 Å². The number of nitrogens with zero attached hydrogens (tertiary/aromatic N) is 1. The second-order valence-electron chi connectivity index (χ2n) is 11.8. The summed E-state index contributed by atoms with van der Waals surface area (Å²) in [5.74, 6) is -22.5. The first-order chi connectivity index (χ1) is 25.1. The number of benzene rings is 4. The van der Waals surface area contributed by atoms with Crippen LogP contribution < -0.4 is 20.9 Å². The average molecular weight is 835 g/mol. The van der Waals surface area contributed by atoms with Crippen LogP contribution in [0.2, 0.25) is 10.0 Å². The van der Waals surface area contributed by atoms with Crippen LogP contribution in [-0.4, -0.2) is 46.7 Å². The Hall–Kier alpha value is -4.97. The number of carboxylic acids is 1. The number of nitrogens with two attached hydrogens (primary N) is 2. The van der Waals surface area contributed by atoms with Crippen LogP contribution in [-0.2, 0) is 11.2 Å². The minimum absolute atomic E-state index is 0.000777. The van der Waals surface area contributed by atoms with E-state index < -0.39 is 48.0 Å². The van der Waals surface area contributed by atoms with Crippen molar-refractivity contribution in [2.75, 3.05) is 11.5 Å². The summed E-state index contributed by atoms with van der Waals surface area (Å²) in [7, 11) is 0. The van der Waals surface area contributed by atoms with Gasteiger partial charge in [-0.05, 0) is 61.9 Å². The molecular weight excluding hydrogens is 806 g/mol. The quantitative estimate of drug-likeness (QED) is 0.120. The monoisotopic (exact) mass is 833 g/mol. The third-order valence-corrected chi connectivity index (χ3v) is 7.91. The minimum atomic E-state index is -6.43. The van der Waals surface area contributed by atoms with Crippen molar-refractivity contribution in [3.63, 3.8) is 0 Å². The molecule has 0 aromatic heterocycles. The highest BCUT2D eigenvalue weighted by molar-refractivity contribution is 6.33. The van der Waals surface area contributed by atoms with Crippen LogP contribution in [0.5, 0.6) is 23.0 Å².